The van der Waals surface area contributed by atoms with Gasteiger partial charge in [0.15, 0.2) is 0 Å². The number of benzene rings is 1. The van der Waals surface area contributed by atoms with Crippen LogP contribution in [0.3, 0.4) is 0 Å². The highest BCUT2D eigenvalue weighted by atomic mass is 19.4. The molecule has 1 aliphatic rings. The number of halogens is 3. The summed E-state index contributed by atoms with van der Waals surface area (Å²) in [5.41, 5.74) is -0.183. The second-order valence-corrected chi connectivity index (χ2v) is 5.06. The molecule has 6 heteroatoms. The summed E-state index contributed by atoms with van der Waals surface area (Å²) in [5.74, 6) is -1.33. The molecule has 1 aromatic rings. The predicted molar refractivity (Wildman–Crippen MR) is 68.4 cm³/mol. The highest BCUT2D eigenvalue weighted by Gasteiger charge is 2.32. The number of nitrogens with one attached hydrogen (secondary N) is 1. The molecule has 0 heterocycles. The van der Waals surface area contributed by atoms with Crippen LogP contribution < -0.4 is 5.32 Å². The first kappa shape index (κ1) is 14.7. The standard InChI is InChI=1S/C14H16F3NO2/c15-14(16,17)9-5-7-10(8-6-9)18-12-4-2-1-3-11(12)13(19)20/h5-8,11-12,18H,1-4H2,(H,19,20). The van der Waals surface area contributed by atoms with Gasteiger partial charge in [-0.1, -0.05) is 12.8 Å². The SMILES string of the molecule is O=C(O)C1CCCCC1Nc1ccc(C(F)(F)F)cc1. The van der Waals surface area contributed by atoms with Gasteiger partial charge >= 0.3 is 12.1 Å². The van der Waals surface area contributed by atoms with Crippen molar-refractivity contribution in [2.45, 2.75) is 37.9 Å². The topological polar surface area (TPSA) is 49.3 Å². The summed E-state index contributed by atoms with van der Waals surface area (Å²) in [4.78, 5) is 11.2. The van der Waals surface area contributed by atoms with Crippen LogP contribution in [-0.2, 0) is 11.0 Å². The Morgan fingerprint density at radius 1 is 1.15 bits per heavy atom. The molecule has 0 saturated heterocycles. The first-order valence-electron chi connectivity index (χ1n) is 6.54. The molecule has 2 unspecified atom stereocenters. The summed E-state index contributed by atoms with van der Waals surface area (Å²) >= 11 is 0. The Labute approximate surface area is 114 Å². The molecule has 0 bridgehead atoms. The first-order chi connectivity index (χ1) is 9.38. The Morgan fingerprint density at radius 3 is 2.30 bits per heavy atom. The first-order valence-corrected chi connectivity index (χ1v) is 6.54. The van der Waals surface area contributed by atoms with Crippen molar-refractivity contribution < 1.29 is 23.1 Å². The molecule has 0 spiro atoms. The highest BCUT2D eigenvalue weighted by Crippen LogP contribution is 2.31. The van der Waals surface area contributed by atoms with Crippen molar-refractivity contribution >= 4 is 11.7 Å². The minimum atomic E-state index is -4.35. The van der Waals surface area contributed by atoms with Gasteiger partial charge in [-0.05, 0) is 37.1 Å². The average Bonchev–Trinajstić information content (AvgIpc) is 2.38. The van der Waals surface area contributed by atoms with Crippen LogP contribution in [0.4, 0.5) is 18.9 Å². The third-order valence-electron chi connectivity index (χ3n) is 3.65. The monoisotopic (exact) mass is 287 g/mol. The van der Waals surface area contributed by atoms with Crippen LogP contribution in [0.25, 0.3) is 0 Å². The summed E-state index contributed by atoms with van der Waals surface area (Å²) in [6.45, 7) is 0. The molecule has 0 aromatic heterocycles. The zero-order valence-corrected chi connectivity index (χ0v) is 10.8. The smallest absolute Gasteiger partial charge is 0.416 e. The van der Waals surface area contributed by atoms with Gasteiger partial charge in [-0.25, -0.2) is 0 Å². The molecule has 20 heavy (non-hydrogen) atoms. The van der Waals surface area contributed by atoms with E-state index in [-0.39, 0.29) is 6.04 Å². The van der Waals surface area contributed by atoms with Gasteiger partial charge in [0.05, 0.1) is 11.5 Å². The van der Waals surface area contributed by atoms with Gasteiger partial charge in [0.25, 0.3) is 0 Å². The van der Waals surface area contributed by atoms with E-state index in [4.69, 9.17) is 5.11 Å². The number of aliphatic carboxylic acids is 1. The van der Waals surface area contributed by atoms with Crippen molar-refractivity contribution in [2.75, 3.05) is 5.32 Å². The van der Waals surface area contributed by atoms with Crippen molar-refractivity contribution in [3.8, 4) is 0 Å². The number of alkyl halides is 3. The molecule has 0 amide bonds. The molecule has 0 radical (unpaired) electrons. The fraction of sp³-hybridized carbons (Fsp3) is 0.500. The molecule has 1 saturated carbocycles. The van der Waals surface area contributed by atoms with Gasteiger partial charge in [0.1, 0.15) is 0 Å². The Bertz CT molecular complexity index is 470. The maximum atomic E-state index is 12.4. The molecular weight excluding hydrogens is 271 g/mol. The van der Waals surface area contributed by atoms with Crippen LogP contribution in [0.15, 0.2) is 24.3 Å². The molecule has 1 aromatic carbocycles. The third-order valence-corrected chi connectivity index (χ3v) is 3.65. The highest BCUT2D eigenvalue weighted by molar-refractivity contribution is 5.71. The lowest BCUT2D eigenvalue weighted by Crippen LogP contribution is -2.37. The van der Waals surface area contributed by atoms with E-state index in [9.17, 15) is 18.0 Å². The lowest BCUT2D eigenvalue weighted by atomic mass is 9.84. The summed E-state index contributed by atoms with van der Waals surface area (Å²) in [7, 11) is 0. The van der Waals surface area contributed by atoms with Crippen LogP contribution in [0, 0.1) is 5.92 Å². The minimum Gasteiger partial charge on any atom is -0.481 e. The molecule has 0 aliphatic heterocycles. The third kappa shape index (κ3) is 3.43. The molecule has 1 fully saturated rings. The lowest BCUT2D eigenvalue weighted by molar-refractivity contribution is -0.143. The second-order valence-electron chi connectivity index (χ2n) is 5.06. The normalized spacial score (nSPS) is 23.4. The van der Waals surface area contributed by atoms with Crippen LogP contribution in [-0.4, -0.2) is 17.1 Å². The van der Waals surface area contributed by atoms with E-state index in [1.807, 2.05) is 0 Å². The van der Waals surface area contributed by atoms with E-state index in [1.165, 1.54) is 12.1 Å². The summed E-state index contributed by atoms with van der Waals surface area (Å²) < 4.78 is 37.3. The number of anilines is 1. The fourth-order valence-electron chi connectivity index (χ4n) is 2.57. The Morgan fingerprint density at radius 2 is 1.75 bits per heavy atom. The number of carboxylic acid groups (broad SMARTS) is 1. The van der Waals surface area contributed by atoms with Crippen molar-refractivity contribution in [1.29, 1.82) is 0 Å². The maximum Gasteiger partial charge on any atom is 0.416 e. The van der Waals surface area contributed by atoms with Crippen LogP contribution >= 0.6 is 0 Å². The van der Waals surface area contributed by atoms with Gasteiger partial charge in [0.2, 0.25) is 0 Å². The molecule has 3 nitrogen and oxygen atoms in total. The summed E-state index contributed by atoms with van der Waals surface area (Å²) in [6.07, 6.45) is -1.22. The van der Waals surface area contributed by atoms with Crippen molar-refractivity contribution in [1.82, 2.24) is 0 Å². The molecule has 1 aliphatic carbocycles. The summed E-state index contributed by atoms with van der Waals surface area (Å²) in [6, 6.07) is 4.46. The lowest BCUT2D eigenvalue weighted by Gasteiger charge is -2.30. The van der Waals surface area contributed by atoms with Gasteiger partial charge < -0.3 is 10.4 Å². The average molecular weight is 287 g/mol. The molecular formula is C14H16F3NO2. The van der Waals surface area contributed by atoms with Crippen molar-refractivity contribution in [2.24, 2.45) is 5.92 Å². The Kier molecular flexibility index (Phi) is 4.20. The van der Waals surface area contributed by atoms with E-state index in [0.717, 1.165) is 31.4 Å². The Balaban J connectivity index is 2.07. The maximum absolute atomic E-state index is 12.4. The quantitative estimate of drug-likeness (QED) is 0.890. The number of carbonyl (C=O) groups is 1. The number of carboxylic acids is 1. The number of hydrogen-bond donors (Lipinski definition) is 2. The molecule has 110 valence electrons. The van der Waals surface area contributed by atoms with Gasteiger partial charge in [-0.2, -0.15) is 13.2 Å². The molecule has 2 rings (SSSR count). The van der Waals surface area contributed by atoms with E-state index in [2.05, 4.69) is 5.32 Å². The van der Waals surface area contributed by atoms with E-state index in [1.54, 1.807) is 0 Å². The van der Waals surface area contributed by atoms with E-state index >= 15 is 0 Å². The zero-order valence-electron chi connectivity index (χ0n) is 10.8. The van der Waals surface area contributed by atoms with Crippen molar-refractivity contribution in [3.05, 3.63) is 29.8 Å². The van der Waals surface area contributed by atoms with Crippen LogP contribution in [0.2, 0.25) is 0 Å². The fourth-order valence-corrected chi connectivity index (χ4v) is 2.57. The molecule has 2 atom stereocenters. The zero-order chi connectivity index (χ0) is 14.8. The van der Waals surface area contributed by atoms with E-state index in [0.29, 0.717) is 12.1 Å². The number of hydrogen-bond acceptors (Lipinski definition) is 2. The van der Waals surface area contributed by atoms with E-state index < -0.39 is 23.6 Å². The molecule has 2 N–H and O–H groups in total. The number of rotatable bonds is 3. The minimum absolute atomic E-state index is 0.224. The largest absolute Gasteiger partial charge is 0.481 e. The Hall–Kier alpha value is -1.72. The van der Waals surface area contributed by atoms with Gasteiger partial charge in [0, 0.05) is 11.7 Å². The second kappa shape index (κ2) is 5.73. The van der Waals surface area contributed by atoms with Gasteiger partial charge in [-0.15, -0.1) is 0 Å². The van der Waals surface area contributed by atoms with Crippen LogP contribution in [0.5, 0.6) is 0 Å². The van der Waals surface area contributed by atoms with Crippen molar-refractivity contribution in [3.63, 3.8) is 0 Å². The van der Waals surface area contributed by atoms with Crippen LogP contribution in [0.1, 0.15) is 31.2 Å². The van der Waals surface area contributed by atoms with Gasteiger partial charge in [-0.3, -0.25) is 4.79 Å². The summed E-state index contributed by atoms with van der Waals surface area (Å²) in [5, 5.41) is 12.2. The predicted octanol–water partition coefficient (Wildman–Crippen LogP) is 3.76.